The molecule has 1 amide bonds. The Bertz CT molecular complexity index is 478. The summed E-state index contributed by atoms with van der Waals surface area (Å²) in [5, 5.41) is 13.2. The molecule has 7 heteroatoms. The molecule has 2 heterocycles. The zero-order valence-corrected chi connectivity index (χ0v) is 9.27. The molecule has 2 aromatic rings. The van der Waals surface area contributed by atoms with E-state index < -0.39 is 0 Å². The highest BCUT2D eigenvalue weighted by Crippen LogP contribution is 2.04. The van der Waals surface area contributed by atoms with E-state index in [1.165, 1.54) is 0 Å². The van der Waals surface area contributed by atoms with E-state index in [0.29, 0.717) is 11.8 Å². The Kier molecular flexibility index (Phi) is 3.29. The summed E-state index contributed by atoms with van der Waals surface area (Å²) in [5.74, 6) is 0.671. The molecular formula is C10H12N6O. The van der Waals surface area contributed by atoms with Crippen molar-refractivity contribution in [2.45, 2.75) is 6.92 Å². The molecule has 17 heavy (non-hydrogen) atoms. The molecule has 2 aromatic heterocycles. The smallest absolute Gasteiger partial charge is 0.278 e. The number of aromatic nitrogens is 4. The van der Waals surface area contributed by atoms with E-state index in [-0.39, 0.29) is 11.6 Å². The van der Waals surface area contributed by atoms with Crippen LogP contribution in [0.4, 0.5) is 11.8 Å². The van der Waals surface area contributed by atoms with Gasteiger partial charge in [-0.25, -0.2) is 4.98 Å². The summed E-state index contributed by atoms with van der Waals surface area (Å²) in [5.41, 5.74) is 0.239. The number of imidazole rings is 1. The van der Waals surface area contributed by atoms with Gasteiger partial charge >= 0.3 is 0 Å². The number of carbonyl (C=O) groups excluding carboxylic acids is 1. The lowest BCUT2D eigenvalue weighted by Crippen LogP contribution is -2.15. The lowest BCUT2D eigenvalue weighted by atomic mass is 10.3. The highest BCUT2D eigenvalue weighted by molar-refractivity contribution is 6.01. The van der Waals surface area contributed by atoms with Gasteiger partial charge in [0.05, 0.1) is 0 Å². The van der Waals surface area contributed by atoms with E-state index in [1.807, 2.05) is 6.92 Å². The van der Waals surface area contributed by atoms with Crippen molar-refractivity contribution in [1.29, 1.82) is 0 Å². The van der Waals surface area contributed by atoms with Crippen molar-refractivity contribution in [1.82, 2.24) is 20.2 Å². The quantitative estimate of drug-likeness (QED) is 0.727. The number of rotatable bonds is 4. The molecule has 88 valence electrons. The number of anilines is 2. The molecule has 0 radical (unpaired) electrons. The molecule has 0 aromatic carbocycles. The van der Waals surface area contributed by atoms with E-state index in [1.54, 1.807) is 24.5 Å². The van der Waals surface area contributed by atoms with Crippen LogP contribution in [-0.4, -0.2) is 32.6 Å². The van der Waals surface area contributed by atoms with Crippen LogP contribution in [0.1, 0.15) is 17.4 Å². The van der Waals surface area contributed by atoms with Gasteiger partial charge in [-0.1, -0.05) is 0 Å². The van der Waals surface area contributed by atoms with Crippen molar-refractivity contribution < 1.29 is 4.79 Å². The minimum absolute atomic E-state index is 0.239. The first-order valence-electron chi connectivity index (χ1n) is 5.18. The summed E-state index contributed by atoms with van der Waals surface area (Å²) in [6.07, 6.45) is 3.17. The van der Waals surface area contributed by atoms with Gasteiger partial charge in [-0.2, -0.15) is 0 Å². The van der Waals surface area contributed by atoms with E-state index >= 15 is 0 Å². The van der Waals surface area contributed by atoms with Gasteiger partial charge in [-0.15, -0.1) is 10.2 Å². The lowest BCUT2D eigenvalue weighted by molar-refractivity contribution is 0.102. The van der Waals surface area contributed by atoms with E-state index in [0.717, 1.165) is 6.54 Å². The highest BCUT2D eigenvalue weighted by Gasteiger charge is 2.09. The van der Waals surface area contributed by atoms with Crippen LogP contribution in [0, 0.1) is 0 Å². The van der Waals surface area contributed by atoms with Crippen LogP contribution in [0.2, 0.25) is 0 Å². The van der Waals surface area contributed by atoms with Gasteiger partial charge in [-0.3, -0.25) is 10.1 Å². The van der Waals surface area contributed by atoms with Gasteiger partial charge in [0.25, 0.3) is 5.91 Å². The molecule has 2 rings (SSSR count). The molecule has 0 aliphatic heterocycles. The molecule has 0 aliphatic carbocycles. The van der Waals surface area contributed by atoms with Gasteiger partial charge in [0.1, 0.15) is 5.82 Å². The Hall–Kier alpha value is -2.44. The Morgan fingerprint density at radius 3 is 2.88 bits per heavy atom. The highest BCUT2D eigenvalue weighted by atomic mass is 16.2. The second-order valence-electron chi connectivity index (χ2n) is 3.23. The minimum atomic E-state index is -0.351. The second-order valence-corrected chi connectivity index (χ2v) is 3.23. The molecule has 0 spiro atoms. The zero-order chi connectivity index (χ0) is 12.1. The number of hydrogen-bond acceptors (Lipinski definition) is 5. The molecule has 0 saturated carbocycles. The van der Waals surface area contributed by atoms with Crippen LogP contribution in [0.5, 0.6) is 0 Å². The van der Waals surface area contributed by atoms with E-state index in [2.05, 4.69) is 30.8 Å². The van der Waals surface area contributed by atoms with Crippen molar-refractivity contribution >= 4 is 17.7 Å². The minimum Gasteiger partial charge on any atom is -0.369 e. The summed E-state index contributed by atoms with van der Waals surface area (Å²) in [6, 6.07) is 3.30. The van der Waals surface area contributed by atoms with Crippen molar-refractivity contribution in [3.63, 3.8) is 0 Å². The molecule has 0 saturated heterocycles. The molecule has 3 N–H and O–H groups in total. The normalized spacial score (nSPS) is 9.94. The van der Waals surface area contributed by atoms with Gasteiger partial charge in [0, 0.05) is 18.9 Å². The van der Waals surface area contributed by atoms with Crippen LogP contribution in [0.25, 0.3) is 0 Å². The van der Waals surface area contributed by atoms with Crippen molar-refractivity contribution in [3.05, 3.63) is 30.2 Å². The lowest BCUT2D eigenvalue weighted by Gasteiger charge is -2.02. The van der Waals surface area contributed by atoms with E-state index in [9.17, 15) is 4.79 Å². The van der Waals surface area contributed by atoms with Crippen LogP contribution in [0.15, 0.2) is 24.5 Å². The first-order chi connectivity index (χ1) is 8.29. The number of nitrogens with one attached hydrogen (secondary N) is 3. The van der Waals surface area contributed by atoms with Gasteiger partial charge < -0.3 is 10.3 Å². The van der Waals surface area contributed by atoms with Crippen LogP contribution >= 0.6 is 0 Å². The average molecular weight is 232 g/mol. The third-order valence-electron chi connectivity index (χ3n) is 1.99. The second kappa shape index (κ2) is 5.06. The predicted molar refractivity (Wildman–Crippen MR) is 62.7 cm³/mol. The summed E-state index contributed by atoms with van der Waals surface area (Å²) < 4.78 is 0. The Labute approximate surface area is 97.7 Å². The number of carbonyl (C=O) groups is 1. The molecule has 0 atom stereocenters. The fourth-order valence-electron chi connectivity index (χ4n) is 1.23. The third-order valence-corrected chi connectivity index (χ3v) is 1.99. The predicted octanol–water partition coefficient (Wildman–Crippen LogP) is 0.884. The standard InChI is InChI=1S/C10H12N6O/c1-2-11-8-4-3-7(15-16-8)9(17)14-10-12-5-6-13-10/h3-6H,2H2,1H3,(H,11,16)(H2,12,13,14,17). The molecular weight excluding hydrogens is 220 g/mol. The van der Waals surface area contributed by atoms with Crippen LogP contribution < -0.4 is 10.6 Å². The monoisotopic (exact) mass is 232 g/mol. The maximum absolute atomic E-state index is 11.7. The number of aromatic amines is 1. The molecule has 0 unspecified atom stereocenters. The largest absolute Gasteiger partial charge is 0.369 e. The molecule has 0 bridgehead atoms. The van der Waals surface area contributed by atoms with Crippen LogP contribution in [0.3, 0.4) is 0 Å². The summed E-state index contributed by atoms with van der Waals surface area (Å²) in [7, 11) is 0. The van der Waals surface area contributed by atoms with Crippen molar-refractivity contribution in [2.75, 3.05) is 17.2 Å². The topological polar surface area (TPSA) is 95.6 Å². The van der Waals surface area contributed by atoms with E-state index in [4.69, 9.17) is 0 Å². The van der Waals surface area contributed by atoms with Gasteiger partial charge in [0.2, 0.25) is 5.95 Å². The van der Waals surface area contributed by atoms with Crippen molar-refractivity contribution in [2.24, 2.45) is 0 Å². The number of H-pyrrole nitrogens is 1. The number of nitrogens with zero attached hydrogens (tertiary/aromatic N) is 3. The van der Waals surface area contributed by atoms with Gasteiger partial charge in [-0.05, 0) is 19.1 Å². The molecule has 0 aliphatic rings. The molecule has 0 fully saturated rings. The number of hydrogen-bond donors (Lipinski definition) is 3. The Balaban J connectivity index is 2.04. The first-order valence-corrected chi connectivity index (χ1v) is 5.18. The maximum atomic E-state index is 11.7. The fourth-order valence-corrected chi connectivity index (χ4v) is 1.23. The SMILES string of the molecule is CCNc1ccc(C(=O)Nc2ncc[nH]2)nn1. The van der Waals surface area contributed by atoms with Gasteiger partial charge in [0.15, 0.2) is 5.69 Å². The van der Waals surface area contributed by atoms with Crippen LogP contribution in [-0.2, 0) is 0 Å². The maximum Gasteiger partial charge on any atom is 0.278 e. The summed E-state index contributed by atoms with van der Waals surface area (Å²) in [6.45, 7) is 2.71. The Morgan fingerprint density at radius 1 is 1.41 bits per heavy atom. The fraction of sp³-hybridized carbons (Fsp3) is 0.200. The number of amides is 1. The van der Waals surface area contributed by atoms with Crippen molar-refractivity contribution in [3.8, 4) is 0 Å². The summed E-state index contributed by atoms with van der Waals surface area (Å²) in [4.78, 5) is 18.3. The third kappa shape index (κ3) is 2.77. The zero-order valence-electron chi connectivity index (χ0n) is 9.27. The average Bonchev–Trinajstić information content (AvgIpc) is 2.83. The Morgan fingerprint density at radius 2 is 2.29 bits per heavy atom. The summed E-state index contributed by atoms with van der Waals surface area (Å²) >= 11 is 0. The molecule has 7 nitrogen and oxygen atoms in total. The first kappa shape index (κ1) is 11.1.